The summed E-state index contributed by atoms with van der Waals surface area (Å²) in [4.78, 5) is 15.1. The molecule has 1 atom stereocenters. The van der Waals surface area contributed by atoms with Crippen molar-refractivity contribution in [2.75, 3.05) is 0 Å². The lowest BCUT2D eigenvalue weighted by Gasteiger charge is -2.23. The predicted molar refractivity (Wildman–Crippen MR) is 165 cm³/mol. The van der Waals surface area contributed by atoms with E-state index in [9.17, 15) is 0 Å². The van der Waals surface area contributed by atoms with E-state index in [0.29, 0.717) is 0 Å². The van der Waals surface area contributed by atoms with Crippen molar-refractivity contribution in [3.8, 4) is 22.3 Å². The molecule has 0 amide bonds. The largest absolute Gasteiger partial charge is 0.454 e. The number of hydrogen-bond donors (Lipinski definition) is 1. The van der Waals surface area contributed by atoms with Crippen LogP contribution in [0.25, 0.3) is 55.1 Å². The van der Waals surface area contributed by atoms with Crippen LogP contribution in [0.4, 0.5) is 0 Å². The van der Waals surface area contributed by atoms with Crippen molar-refractivity contribution in [1.82, 2.24) is 10.3 Å². The number of pyridine rings is 1. The molecule has 2 aromatic heterocycles. The number of nitrogens with zero attached hydrogens (tertiary/aromatic N) is 3. The van der Waals surface area contributed by atoms with Gasteiger partial charge in [0, 0.05) is 22.9 Å². The summed E-state index contributed by atoms with van der Waals surface area (Å²) in [6, 6.07) is 39.8. The minimum atomic E-state index is -0.434. The van der Waals surface area contributed by atoms with Crippen LogP contribution in [0.5, 0.6) is 0 Å². The van der Waals surface area contributed by atoms with Gasteiger partial charge >= 0.3 is 0 Å². The zero-order chi connectivity index (χ0) is 26.9. The third-order valence-electron chi connectivity index (χ3n) is 8.16. The fourth-order valence-corrected chi connectivity index (χ4v) is 6.36. The second-order valence-electron chi connectivity index (χ2n) is 10.4. The van der Waals surface area contributed by atoms with E-state index in [1.165, 1.54) is 33.0 Å². The van der Waals surface area contributed by atoms with E-state index >= 15 is 0 Å². The highest BCUT2D eigenvalue weighted by molar-refractivity contribution is 6.23. The Kier molecular flexibility index (Phi) is 4.61. The Morgan fingerprint density at radius 3 is 2.12 bits per heavy atom. The van der Waals surface area contributed by atoms with E-state index in [1.807, 2.05) is 42.5 Å². The Morgan fingerprint density at radius 2 is 1.24 bits per heavy atom. The van der Waals surface area contributed by atoms with E-state index in [4.69, 9.17) is 14.4 Å². The molecule has 2 aliphatic rings. The molecule has 0 fully saturated rings. The molecule has 0 spiro atoms. The van der Waals surface area contributed by atoms with E-state index in [0.717, 1.165) is 50.4 Å². The van der Waals surface area contributed by atoms with Crippen LogP contribution >= 0.6 is 0 Å². The summed E-state index contributed by atoms with van der Waals surface area (Å²) in [7, 11) is 0. The van der Waals surface area contributed by atoms with Crippen LogP contribution in [0.15, 0.2) is 136 Å². The summed E-state index contributed by atoms with van der Waals surface area (Å²) in [6.45, 7) is 0. The molecule has 0 radical (unpaired) electrons. The molecule has 7 aromatic rings. The number of aliphatic imine (C=N–C) groups is 2. The molecule has 3 heterocycles. The molecule has 5 heteroatoms. The van der Waals surface area contributed by atoms with Crippen LogP contribution in [0.2, 0.25) is 0 Å². The molecule has 5 aromatic carbocycles. The highest BCUT2D eigenvalue weighted by Crippen LogP contribution is 2.49. The number of nitrogens with one attached hydrogen (secondary N) is 1. The van der Waals surface area contributed by atoms with E-state index in [1.54, 1.807) is 6.20 Å². The molecular formula is C36H22N4O. The Hall–Kier alpha value is -5.55. The smallest absolute Gasteiger partial charge is 0.170 e. The van der Waals surface area contributed by atoms with Crippen LogP contribution in [0.3, 0.4) is 0 Å². The SMILES string of the molecule is c1ccc(C2=NC(c3ccc4c5c(cccc35)-c3ccccc3-4)N=C(c3cccc4oc5cccnc5c34)N2)cc1. The second-order valence-corrected chi connectivity index (χ2v) is 10.4. The maximum absolute atomic E-state index is 6.15. The zero-order valence-electron chi connectivity index (χ0n) is 21.9. The van der Waals surface area contributed by atoms with E-state index < -0.39 is 6.17 Å². The first-order chi connectivity index (χ1) is 20.3. The summed E-state index contributed by atoms with van der Waals surface area (Å²) in [5, 5.41) is 6.95. The molecule has 0 bridgehead atoms. The monoisotopic (exact) mass is 526 g/mol. The van der Waals surface area contributed by atoms with Crippen molar-refractivity contribution < 1.29 is 4.42 Å². The Labute approximate surface area is 235 Å². The highest BCUT2D eigenvalue weighted by atomic mass is 16.3. The summed E-state index contributed by atoms with van der Waals surface area (Å²) in [5.41, 5.74) is 10.5. The Balaban J connectivity index is 1.28. The first-order valence-electron chi connectivity index (χ1n) is 13.7. The van der Waals surface area contributed by atoms with E-state index in [-0.39, 0.29) is 0 Å². The maximum Gasteiger partial charge on any atom is 0.170 e. The van der Waals surface area contributed by atoms with Gasteiger partial charge in [-0.3, -0.25) is 4.98 Å². The summed E-state index contributed by atoms with van der Waals surface area (Å²) in [5.74, 6) is 1.53. The van der Waals surface area contributed by atoms with Crippen LogP contribution in [-0.4, -0.2) is 16.7 Å². The number of fused-ring (bicyclic) bond motifs is 6. The molecule has 1 unspecified atom stereocenters. The average molecular weight is 527 g/mol. The molecule has 1 N–H and O–H groups in total. The highest BCUT2D eigenvalue weighted by Gasteiger charge is 2.27. The molecule has 0 saturated carbocycles. The summed E-state index contributed by atoms with van der Waals surface area (Å²) >= 11 is 0. The third kappa shape index (κ3) is 3.26. The predicted octanol–water partition coefficient (Wildman–Crippen LogP) is 8.28. The molecule has 9 rings (SSSR count). The lowest BCUT2D eigenvalue weighted by atomic mass is 9.96. The van der Waals surface area contributed by atoms with Crippen molar-refractivity contribution in [3.63, 3.8) is 0 Å². The average Bonchev–Trinajstić information content (AvgIpc) is 3.59. The minimum Gasteiger partial charge on any atom is -0.454 e. The Bertz CT molecular complexity index is 2210. The fourth-order valence-electron chi connectivity index (χ4n) is 6.36. The van der Waals surface area contributed by atoms with Crippen molar-refractivity contribution in [2.24, 2.45) is 9.98 Å². The quantitative estimate of drug-likeness (QED) is 0.252. The first kappa shape index (κ1) is 22.3. The van der Waals surface area contributed by atoms with Gasteiger partial charge in [-0.15, -0.1) is 0 Å². The van der Waals surface area contributed by atoms with Crippen LogP contribution in [-0.2, 0) is 0 Å². The standard InChI is InChI=1S/C36H22N4O/c1-2-9-21(10-3-1)34-38-35(27-19-18-26-23-12-5-4-11-22(23)24-13-6-14-25(27)31(24)26)40-36(39-34)28-15-7-16-29-32(28)33-30(41-29)17-8-20-37-33/h1-20,35H,(H,38,39,40). The second kappa shape index (κ2) is 8.47. The van der Waals surface area contributed by atoms with Gasteiger partial charge in [0.1, 0.15) is 22.8 Å². The first-order valence-corrected chi connectivity index (χ1v) is 13.7. The topological polar surface area (TPSA) is 62.8 Å². The number of benzene rings is 5. The zero-order valence-corrected chi connectivity index (χ0v) is 21.9. The number of aromatic nitrogens is 1. The molecule has 0 saturated heterocycles. The number of furan rings is 1. The summed E-state index contributed by atoms with van der Waals surface area (Å²) < 4.78 is 6.15. The van der Waals surface area contributed by atoms with Gasteiger partial charge in [-0.1, -0.05) is 97.1 Å². The van der Waals surface area contributed by atoms with Crippen molar-refractivity contribution in [3.05, 3.63) is 138 Å². The normalized spacial score (nSPS) is 15.6. The number of amidine groups is 2. The molecule has 192 valence electrons. The van der Waals surface area contributed by atoms with Crippen molar-refractivity contribution in [2.45, 2.75) is 6.17 Å². The van der Waals surface area contributed by atoms with Gasteiger partial charge in [0.25, 0.3) is 0 Å². The van der Waals surface area contributed by atoms with Gasteiger partial charge in [0.05, 0.1) is 5.39 Å². The van der Waals surface area contributed by atoms with Gasteiger partial charge < -0.3 is 9.73 Å². The molecule has 1 aliphatic heterocycles. The molecular weight excluding hydrogens is 504 g/mol. The van der Waals surface area contributed by atoms with Gasteiger partial charge in [-0.2, -0.15) is 0 Å². The van der Waals surface area contributed by atoms with Crippen molar-refractivity contribution in [1.29, 1.82) is 0 Å². The lowest BCUT2D eigenvalue weighted by Crippen LogP contribution is -2.36. The molecule has 1 aliphatic carbocycles. The maximum atomic E-state index is 6.15. The summed E-state index contributed by atoms with van der Waals surface area (Å²) in [6.07, 6.45) is 1.37. The third-order valence-corrected chi connectivity index (χ3v) is 8.16. The minimum absolute atomic E-state index is 0.434. The number of rotatable bonds is 3. The number of hydrogen-bond acceptors (Lipinski definition) is 5. The molecule has 5 nitrogen and oxygen atoms in total. The van der Waals surface area contributed by atoms with Crippen LogP contribution in [0, 0.1) is 0 Å². The van der Waals surface area contributed by atoms with Gasteiger partial charge in [-0.05, 0) is 51.2 Å². The van der Waals surface area contributed by atoms with E-state index in [2.05, 4.69) is 83.1 Å². The molecule has 41 heavy (non-hydrogen) atoms. The van der Waals surface area contributed by atoms with Gasteiger partial charge in [0.15, 0.2) is 11.7 Å². The fraction of sp³-hybridized carbons (Fsp3) is 0.0278. The Morgan fingerprint density at radius 1 is 0.537 bits per heavy atom. The van der Waals surface area contributed by atoms with Crippen molar-refractivity contribution >= 4 is 44.5 Å². The van der Waals surface area contributed by atoms with Crippen LogP contribution < -0.4 is 5.32 Å². The van der Waals surface area contributed by atoms with Gasteiger partial charge in [-0.25, -0.2) is 9.98 Å². The van der Waals surface area contributed by atoms with Crippen LogP contribution in [0.1, 0.15) is 22.9 Å². The lowest BCUT2D eigenvalue weighted by molar-refractivity contribution is 0.668. The van der Waals surface area contributed by atoms with Gasteiger partial charge in [0.2, 0.25) is 0 Å².